The smallest absolute Gasteiger partial charge is 0.330 e. The van der Waals surface area contributed by atoms with E-state index in [0.717, 1.165) is 0 Å². The lowest BCUT2D eigenvalue weighted by molar-refractivity contribution is -0.138. The van der Waals surface area contributed by atoms with Gasteiger partial charge in [0, 0.05) is 0 Å². The highest BCUT2D eigenvalue weighted by Crippen LogP contribution is 2.27. The van der Waals surface area contributed by atoms with E-state index in [1.54, 1.807) is 36.4 Å². The number of phenolic OH excluding ortho intramolecular Hbond substituents is 1. The standard InChI is InChI=1S/C14H12ClNO3/c15-11-6-1-2-7-12(11)16-13(14(18)19)9-4-3-5-10(17)8-9/h1-8,13,16-17H,(H,18,19). The number of aliphatic carboxylic acids is 1. The molecule has 0 radical (unpaired) electrons. The van der Waals surface area contributed by atoms with Crippen LogP contribution < -0.4 is 5.32 Å². The molecule has 3 N–H and O–H groups in total. The number of carboxylic acids is 1. The Labute approximate surface area is 115 Å². The van der Waals surface area contributed by atoms with Crippen LogP contribution in [0.3, 0.4) is 0 Å². The fourth-order valence-corrected chi connectivity index (χ4v) is 1.92. The predicted octanol–water partition coefficient (Wildman–Crippen LogP) is 3.28. The highest BCUT2D eigenvalue weighted by atomic mass is 35.5. The molecule has 0 aliphatic rings. The molecule has 0 aromatic heterocycles. The molecule has 0 fully saturated rings. The molecule has 1 atom stereocenters. The fourth-order valence-electron chi connectivity index (χ4n) is 1.73. The van der Waals surface area contributed by atoms with Crippen molar-refractivity contribution in [1.29, 1.82) is 0 Å². The fraction of sp³-hybridized carbons (Fsp3) is 0.0714. The second-order valence-electron chi connectivity index (χ2n) is 3.99. The van der Waals surface area contributed by atoms with E-state index in [0.29, 0.717) is 16.3 Å². The zero-order valence-corrected chi connectivity index (χ0v) is 10.6. The number of anilines is 1. The van der Waals surface area contributed by atoms with E-state index in [1.165, 1.54) is 12.1 Å². The lowest BCUT2D eigenvalue weighted by Gasteiger charge is -2.17. The molecule has 4 nitrogen and oxygen atoms in total. The number of carbonyl (C=O) groups is 1. The maximum Gasteiger partial charge on any atom is 0.330 e. The quantitative estimate of drug-likeness (QED) is 0.802. The lowest BCUT2D eigenvalue weighted by Crippen LogP contribution is -2.20. The number of halogens is 1. The molecule has 0 bridgehead atoms. The van der Waals surface area contributed by atoms with Crippen LogP contribution in [0, 0.1) is 0 Å². The van der Waals surface area contributed by atoms with Crippen LogP contribution in [0.15, 0.2) is 48.5 Å². The van der Waals surface area contributed by atoms with Crippen LogP contribution in [0.1, 0.15) is 11.6 Å². The SMILES string of the molecule is O=C(O)C(Nc1ccccc1Cl)c1cccc(O)c1. The van der Waals surface area contributed by atoms with Crippen LogP contribution in [0.25, 0.3) is 0 Å². The van der Waals surface area contributed by atoms with Crippen LogP contribution in [-0.2, 0) is 4.79 Å². The molecule has 19 heavy (non-hydrogen) atoms. The van der Waals surface area contributed by atoms with Crippen molar-refractivity contribution in [2.45, 2.75) is 6.04 Å². The van der Waals surface area contributed by atoms with E-state index < -0.39 is 12.0 Å². The molecule has 1 unspecified atom stereocenters. The molecule has 5 heteroatoms. The van der Waals surface area contributed by atoms with Crippen molar-refractivity contribution < 1.29 is 15.0 Å². The molecular formula is C14H12ClNO3. The van der Waals surface area contributed by atoms with Gasteiger partial charge in [0.2, 0.25) is 0 Å². The third-order valence-corrected chi connectivity index (χ3v) is 2.95. The molecule has 0 heterocycles. The summed E-state index contributed by atoms with van der Waals surface area (Å²) in [6.07, 6.45) is 0. The van der Waals surface area contributed by atoms with Crippen LogP contribution in [-0.4, -0.2) is 16.2 Å². The van der Waals surface area contributed by atoms with Gasteiger partial charge in [0.25, 0.3) is 0 Å². The summed E-state index contributed by atoms with van der Waals surface area (Å²) in [5.41, 5.74) is 0.979. The zero-order valence-electron chi connectivity index (χ0n) is 9.88. The maximum atomic E-state index is 11.3. The molecule has 0 aliphatic heterocycles. The van der Waals surface area contributed by atoms with Gasteiger partial charge in [-0.25, -0.2) is 4.79 Å². The minimum Gasteiger partial charge on any atom is -0.508 e. The highest BCUT2D eigenvalue weighted by Gasteiger charge is 2.20. The van der Waals surface area contributed by atoms with Crippen molar-refractivity contribution in [2.24, 2.45) is 0 Å². The maximum absolute atomic E-state index is 11.3. The summed E-state index contributed by atoms with van der Waals surface area (Å²) in [5.74, 6) is -1.03. The molecule has 0 saturated carbocycles. The first-order valence-corrected chi connectivity index (χ1v) is 5.98. The van der Waals surface area contributed by atoms with Crippen LogP contribution in [0.4, 0.5) is 5.69 Å². The van der Waals surface area contributed by atoms with E-state index in [9.17, 15) is 15.0 Å². The first-order valence-electron chi connectivity index (χ1n) is 5.61. The number of hydrogen-bond acceptors (Lipinski definition) is 3. The van der Waals surface area contributed by atoms with Gasteiger partial charge < -0.3 is 15.5 Å². The van der Waals surface area contributed by atoms with Crippen LogP contribution >= 0.6 is 11.6 Å². The van der Waals surface area contributed by atoms with Gasteiger partial charge in [-0.2, -0.15) is 0 Å². The number of para-hydroxylation sites is 1. The Bertz CT molecular complexity index is 601. The van der Waals surface area contributed by atoms with E-state index in [1.807, 2.05) is 0 Å². The van der Waals surface area contributed by atoms with Gasteiger partial charge >= 0.3 is 5.97 Å². The first-order chi connectivity index (χ1) is 9.08. The molecule has 0 spiro atoms. The lowest BCUT2D eigenvalue weighted by atomic mass is 10.1. The predicted molar refractivity (Wildman–Crippen MR) is 73.6 cm³/mol. The molecule has 98 valence electrons. The number of nitrogens with one attached hydrogen (secondary N) is 1. The minimum absolute atomic E-state index is 0.0182. The van der Waals surface area contributed by atoms with Crippen molar-refractivity contribution >= 4 is 23.3 Å². The van der Waals surface area contributed by atoms with E-state index in [2.05, 4.69) is 5.32 Å². The van der Waals surface area contributed by atoms with Crippen LogP contribution in [0.2, 0.25) is 5.02 Å². The highest BCUT2D eigenvalue weighted by molar-refractivity contribution is 6.33. The summed E-state index contributed by atoms with van der Waals surface area (Å²) in [6, 6.07) is 12.0. The summed E-state index contributed by atoms with van der Waals surface area (Å²) in [5, 5.41) is 22.0. The zero-order chi connectivity index (χ0) is 13.8. The van der Waals surface area contributed by atoms with Crippen LogP contribution in [0.5, 0.6) is 5.75 Å². The monoisotopic (exact) mass is 277 g/mol. The molecule has 2 aromatic carbocycles. The Kier molecular flexibility index (Phi) is 3.92. The van der Waals surface area contributed by atoms with E-state index >= 15 is 0 Å². The van der Waals surface area contributed by atoms with Gasteiger partial charge in [-0.3, -0.25) is 0 Å². The van der Waals surface area contributed by atoms with E-state index in [-0.39, 0.29) is 5.75 Å². The van der Waals surface area contributed by atoms with E-state index in [4.69, 9.17) is 11.6 Å². The number of hydrogen-bond donors (Lipinski definition) is 3. The Hall–Kier alpha value is -2.20. The van der Waals surface area contributed by atoms with Crippen molar-refractivity contribution in [3.05, 3.63) is 59.1 Å². The number of aromatic hydroxyl groups is 1. The summed E-state index contributed by atoms with van der Waals surface area (Å²) < 4.78 is 0. The van der Waals surface area contributed by atoms with Gasteiger partial charge in [0.1, 0.15) is 5.75 Å². The number of phenols is 1. The molecule has 2 aromatic rings. The summed E-state index contributed by atoms with van der Waals surface area (Å²) in [6.45, 7) is 0. The molecular weight excluding hydrogens is 266 g/mol. The summed E-state index contributed by atoms with van der Waals surface area (Å²) in [4.78, 5) is 11.3. The molecule has 0 aliphatic carbocycles. The number of carboxylic acid groups (broad SMARTS) is 1. The average Bonchev–Trinajstić information content (AvgIpc) is 2.37. The number of rotatable bonds is 4. The van der Waals surface area contributed by atoms with Gasteiger partial charge in [0.15, 0.2) is 6.04 Å². The largest absolute Gasteiger partial charge is 0.508 e. The molecule has 2 rings (SSSR count). The minimum atomic E-state index is -1.05. The molecule has 0 amide bonds. The summed E-state index contributed by atoms with van der Waals surface area (Å²) in [7, 11) is 0. The van der Waals surface area contributed by atoms with Gasteiger partial charge in [0.05, 0.1) is 10.7 Å². The van der Waals surface area contributed by atoms with Crippen molar-refractivity contribution in [3.8, 4) is 5.75 Å². The third-order valence-electron chi connectivity index (χ3n) is 2.62. The Balaban J connectivity index is 2.32. The van der Waals surface area contributed by atoms with Crippen molar-refractivity contribution in [1.82, 2.24) is 0 Å². The van der Waals surface area contributed by atoms with Gasteiger partial charge in [-0.15, -0.1) is 0 Å². The number of benzene rings is 2. The summed E-state index contributed by atoms with van der Waals surface area (Å²) >= 11 is 5.99. The second-order valence-corrected chi connectivity index (χ2v) is 4.40. The van der Waals surface area contributed by atoms with Crippen molar-refractivity contribution in [3.63, 3.8) is 0 Å². The average molecular weight is 278 g/mol. The Morgan fingerprint density at radius 3 is 2.53 bits per heavy atom. The van der Waals surface area contributed by atoms with Gasteiger partial charge in [-0.1, -0.05) is 35.9 Å². The van der Waals surface area contributed by atoms with Gasteiger partial charge in [-0.05, 0) is 29.8 Å². The topological polar surface area (TPSA) is 69.6 Å². The molecule has 0 saturated heterocycles. The van der Waals surface area contributed by atoms with Crippen molar-refractivity contribution in [2.75, 3.05) is 5.32 Å². The Morgan fingerprint density at radius 2 is 1.89 bits per heavy atom. The third kappa shape index (κ3) is 3.17. The second kappa shape index (κ2) is 5.63. The first kappa shape index (κ1) is 13.2. The Morgan fingerprint density at radius 1 is 1.16 bits per heavy atom. The normalized spacial score (nSPS) is 11.8.